The van der Waals surface area contributed by atoms with Gasteiger partial charge in [-0.2, -0.15) is 0 Å². The van der Waals surface area contributed by atoms with Crippen LogP contribution in [0.5, 0.6) is 0 Å². The van der Waals surface area contributed by atoms with Crippen LogP contribution in [0.15, 0.2) is 122 Å². The normalized spacial score (nSPS) is 13.7. The van der Waals surface area contributed by atoms with E-state index in [1.54, 1.807) is 0 Å². The van der Waals surface area contributed by atoms with Crippen molar-refractivity contribution < 1.29 is 42.1 Å². The number of phosphoric acid groups is 1. The second kappa shape index (κ2) is 75.6. The first-order valence-corrected chi connectivity index (χ1v) is 41.7. The Bertz CT molecular complexity index is 2040. The van der Waals surface area contributed by atoms with Gasteiger partial charge in [-0.3, -0.25) is 14.2 Å². The number of quaternary nitrogens is 1. The average molecular weight is 1360 g/mol. The molecule has 0 spiro atoms. The smallest absolute Gasteiger partial charge is 0.306 e. The Kier molecular flexibility index (Phi) is 72.8. The van der Waals surface area contributed by atoms with Crippen molar-refractivity contribution in [1.29, 1.82) is 0 Å². The number of unbranched alkanes of at least 4 members (excludes halogenated alkanes) is 40. The van der Waals surface area contributed by atoms with Crippen LogP contribution >= 0.6 is 7.82 Å². The van der Waals surface area contributed by atoms with E-state index in [1.165, 1.54) is 231 Å². The second-order valence-corrected chi connectivity index (χ2v) is 29.5. The summed E-state index contributed by atoms with van der Waals surface area (Å²) in [4.78, 5) is 38.2. The van der Waals surface area contributed by atoms with E-state index in [-0.39, 0.29) is 32.0 Å². The summed E-state index contributed by atoms with van der Waals surface area (Å²) < 4.78 is 34.4. The molecule has 0 heterocycles. The molecular weight excluding hydrogens is 1210 g/mol. The number of esters is 2. The van der Waals surface area contributed by atoms with Gasteiger partial charge in [0.05, 0.1) is 27.7 Å². The Morgan fingerprint density at radius 3 is 0.885 bits per heavy atom. The standard InChI is InChI=1S/C86H152NO8P/c1-6-8-10-12-14-16-18-20-22-24-26-28-30-32-34-36-38-40-42-43-45-46-48-50-52-54-56-58-60-62-64-66-68-70-72-74-76-78-85(88)92-82-84(83-94-96(90,91)93-81-80-87(3,4)5)95-86(89)79-77-75-73-71-69-67-65-63-61-59-57-55-53-51-49-47-44-41-39-37-35-33-31-29-27-25-23-21-19-17-15-13-11-9-7-2/h9,11,15,17-18,20-21,23-24,26-27,29-30,32-33,35,39,41,47,49,84H,6-8,10,12-14,16,19,22,25,28,31,34,36-38,40,42-46,48,50-83H2,1-5H3/b11-9-,17-15-,20-18-,23-21-,26-24-,29-27-,32-30-,35-33-,41-39-,49-47-. The molecule has 0 saturated carbocycles. The summed E-state index contributed by atoms with van der Waals surface area (Å²) >= 11 is 0. The van der Waals surface area contributed by atoms with Gasteiger partial charge >= 0.3 is 11.9 Å². The average Bonchev–Trinajstić information content (AvgIpc) is 2.74. The molecule has 2 atom stereocenters. The summed E-state index contributed by atoms with van der Waals surface area (Å²) in [6.07, 6.45) is 109. The van der Waals surface area contributed by atoms with Crippen molar-refractivity contribution in [2.75, 3.05) is 47.5 Å². The van der Waals surface area contributed by atoms with Crippen molar-refractivity contribution >= 4 is 19.8 Å². The largest absolute Gasteiger partial charge is 0.756 e. The van der Waals surface area contributed by atoms with Crippen LogP contribution in [0, 0.1) is 0 Å². The summed E-state index contributed by atoms with van der Waals surface area (Å²) in [5.74, 6) is -0.824. The highest BCUT2D eigenvalue weighted by atomic mass is 31.2. The van der Waals surface area contributed by atoms with Crippen molar-refractivity contribution in [1.82, 2.24) is 0 Å². The van der Waals surface area contributed by atoms with Gasteiger partial charge in [0.1, 0.15) is 19.8 Å². The SMILES string of the molecule is CC/C=C\C/C=C\C/C=C\C/C=C\C/C=C\C/C=C\C/C=C\CCCCCCCCCCCCCCCC(=O)OC(COC(=O)CCCCCCCCCCCCCCCCCCCCCCCC/C=C\C/C=C\C/C=C\CCCCCCC)COP(=O)([O-])OCC[N+](C)(C)C. The minimum absolute atomic E-state index is 0.0336. The van der Waals surface area contributed by atoms with Gasteiger partial charge in [0.25, 0.3) is 7.82 Å². The van der Waals surface area contributed by atoms with Crippen LogP contribution in [0.25, 0.3) is 0 Å². The van der Waals surface area contributed by atoms with Gasteiger partial charge in [0, 0.05) is 12.8 Å². The Hall–Kier alpha value is -3.59. The van der Waals surface area contributed by atoms with Gasteiger partial charge in [-0.25, -0.2) is 0 Å². The quantitative estimate of drug-likeness (QED) is 0.0195. The molecular formula is C86H152NO8P. The highest BCUT2D eigenvalue weighted by Crippen LogP contribution is 2.38. The fraction of sp³-hybridized carbons (Fsp3) is 0.744. The van der Waals surface area contributed by atoms with Crippen LogP contribution in [0.4, 0.5) is 0 Å². The molecule has 0 fully saturated rings. The zero-order chi connectivity index (χ0) is 69.7. The van der Waals surface area contributed by atoms with Crippen LogP contribution in [-0.4, -0.2) is 70.0 Å². The zero-order valence-electron chi connectivity index (χ0n) is 63.3. The molecule has 96 heavy (non-hydrogen) atoms. The summed E-state index contributed by atoms with van der Waals surface area (Å²) in [7, 11) is 1.17. The number of hydrogen-bond acceptors (Lipinski definition) is 8. The first-order valence-electron chi connectivity index (χ1n) is 40.2. The van der Waals surface area contributed by atoms with Crippen molar-refractivity contribution in [3.05, 3.63) is 122 Å². The predicted molar refractivity (Wildman–Crippen MR) is 415 cm³/mol. The lowest BCUT2D eigenvalue weighted by atomic mass is 10.0. The van der Waals surface area contributed by atoms with Crippen LogP contribution < -0.4 is 4.89 Å². The van der Waals surface area contributed by atoms with E-state index in [1.807, 2.05) is 21.1 Å². The van der Waals surface area contributed by atoms with Gasteiger partial charge in [-0.15, -0.1) is 0 Å². The minimum atomic E-state index is -4.65. The molecule has 0 aliphatic heterocycles. The molecule has 0 aromatic carbocycles. The first kappa shape index (κ1) is 92.4. The molecule has 0 aliphatic rings. The Morgan fingerprint density at radius 1 is 0.333 bits per heavy atom. The fourth-order valence-corrected chi connectivity index (χ4v) is 12.1. The van der Waals surface area contributed by atoms with E-state index in [4.69, 9.17) is 18.5 Å². The fourth-order valence-electron chi connectivity index (χ4n) is 11.4. The number of allylic oxidation sites excluding steroid dienone is 20. The lowest BCUT2D eigenvalue weighted by Gasteiger charge is -2.28. The van der Waals surface area contributed by atoms with Crippen LogP contribution in [-0.2, 0) is 32.7 Å². The Morgan fingerprint density at radius 2 is 0.594 bits per heavy atom. The monoisotopic (exact) mass is 1360 g/mol. The molecule has 0 rings (SSSR count). The summed E-state index contributed by atoms with van der Waals surface area (Å²) in [6, 6.07) is 0. The lowest BCUT2D eigenvalue weighted by Crippen LogP contribution is -2.37. The number of likely N-dealkylation sites (N-methyl/N-ethyl adjacent to an activating group) is 1. The third-order valence-electron chi connectivity index (χ3n) is 17.5. The molecule has 0 bridgehead atoms. The molecule has 0 saturated heterocycles. The molecule has 554 valence electrons. The van der Waals surface area contributed by atoms with Crippen LogP contribution in [0.1, 0.15) is 361 Å². The van der Waals surface area contributed by atoms with Crippen molar-refractivity contribution in [3.63, 3.8) is 0 Å². The second-order valence-electron chi connectivity index (χ2n) is 28.0. The number of nitrogens with zero attached hydrogens (tertiary/aromatic N) is 1. The van der Waals surface area contributed by atoms with E-state index in [9.17, 15) is 19.0 Å². The predicted octanol–water partition coefficient (Wildman–Crippen LogP) is 26.3. The molecule has 0 aromatic rings. The highest BCUT2D eigenvalue weighted by molar-refractivity contribution is 7.45. The molecule has 0 N–H and O–H groups in total. The minimum Gasteiger partial charge on any atom is -0.756 e. The van der Waals surface area contributed by atoms with Crippen LogP contribution in [0.2, 0.25) is 0 Å². The molecule has 0 radical (unpaired) electrons. The molecule has 0 aromatic heterocycles. The Balaban J connectivity index is 3.97. The summed E-state index contributed by atoms with van der Waals surface area (Å²) in [5, 5.41) is 0. The molecule has 9 nitrogen and oxygen atoms in total. The van der Waals surface area contributed by atoms with E-state index < -0.39 is 26.5 Å². The van der Waals surface area contributed by atoms with E-state index in [0.29, 0.717) is 17.4 Å². The maximum atomic E-state index is 12.9. The van der Waals surface area contributed by atoms with Gasteiger partial charge in [0.15, 0.2) is 6.10 Å². The first-order chi connectivity index (χ1) is 47.0. The van der Waals surface area contributed by atoms with Gasteiger partial charge < -0.3 is 27.9 Å². The molecule has 0 aliphatic carbocycles. The number of phosphoric ester groups is 1. The number of hydrogen-bond donors (Lipinski definition) is 0. The lowest BCUT2D eigenvalue weighted by molar-refractivity contribution is -0.870. The molecule has 2 unspecified atom stereocenters. The highest BCUT2D eigenvalue weighted by Gasteiger charge is 2.22. The number of rotatable bonds is 74. The summed E-state index contributed by atoms with van der Waals surface area (Å²) in [6.45, 7) is 4.15. The van der Waals surface area contributed by atoms with Gasteiger partial charge in [-0.05, 0) is 109 Å². The van der Waals surface area contributed by atoms with Crippen molar-refractivity contribution in [2.45, 2.75) is 367 Å². The molecule has 0 amide bonds. The third kappa shape index (κ3) is 79.4. The maximum absolute atomic E-state index is 12.9. The van der Waals surface area contributed by atoms with Gasteiger partial charge in [0.2, 0.25) is 0 Å². The van der Waals surface area contributed by atoms with Crippen molar-refractivity contribution in [2.24, 2.45) is 0 Å². The van der Waals surface area contributed by atoms with E-state index in [0.717, 1.165) is 96.3 Å². The molecule has 10 heteroatoms. The maximum Gasteiger partial charge on any atom is 0.306 e. The third-order valence-corrected chi connectivity index (χ3v) is 18.4. The van der Waals surface area contributed by atoms with Crippen LogP contribution in [0.3, 0.4) is 0 Å². The summed E-state index contributed by atoms with van der Waals surface area (Å²) in [5.41, 5.74) is 0. The van der Waals surface area contributed by atoms with E-state index >= 15 is 0 Å². The van der Waals surface area contributed by atoms with Crippen molar-refractivity contribution in [3.8, 4) is 0 Å². The number of ether oxygens (including phenoxy) is 2. The topological polar surface area (TPSA) is 111 Å². The zero-order valence-corrected chi connectivity index (χ0v) is 64.2. The van der Waals surface area contributed by atoms with E-state index in [2.05, 4.69) is 135 Å². The number of carbonyl (C=O) groups is 2. The van der Waals surface area contributed by atoms with Gasteiger partial charge in [-0.1, -0.05) is 360 Å². The Labute approximate surface area is 594 Å². The number of carbonyl (C=O) groups excluding carboxylic acids is 2.